The number of carboxylic acid groups (broad SMARTS) is 1. The van der Waals surface area contributed by atoms with Gasteiger partial charge in [-0.05, 0) is 12.0 Å². The van der Waals surface area contributed by atoms with E-state index in [9.17, 15) is 9.59 Å². The Balaban J connectivity index is 2.20. The highest BCUT2D eigenvalue weighted by Gasteiger charge is 2.33. The lowest BCUT2D eigenvalue weighted by Gasteiger charge is -2.35. The van der Waals surface area contributed by atoms with E-state index in [-0.39, 0.29) is 11.8 Å². The lowest BCUT2D eigenvalue weighted by molar-refractivity contribution is -0.145. The molecule has 1 heterocycles. The molecule has 18 heavy (non-hydrogen) atoms. The number of nitrogens with zero attached hydrogens (tertiary/aromatic N) is 1. The molecule has 1 amide bonds. The predicted octanol–water partition coefficient (Wildman–Crippen LogP) is 1.72. The average Bonchev–Trinajstić information content (AvgIpc) is 2.39. The van der Waals surface area contributed by atoms with Gasteiger partial charge >= 0.3 is 5.97 Å². The predicted molar refractivity (Wildman–Crippen MR) is 67.2 cm³/mol. The number of carboxylic acids is 1. The number of carbonyl (C=O) groups is 2. The highest BCUT2D eigenvalue weighted by atomic mass is 16.4. The first kappa shape index (κ1) is 12.6. The standard InChI is InChI=1S/C14H17NO3/c1-10(16)15-8-12(7-13(9-15)14(17)18)11-5-3-2-4-6-11/h2-6,12-13H,7-9H2,1H3,(H,17,18)/t12-,13+/m1/s1. The van der Waals surface area contributed by atoms with Crippen molar-refractivity contribution in [3.05, 3.63) is 35.9 Å². The number of hydrogen-bond acceptors (Lipinski definition) is 2. The van der Waals surface area contributed by atoms with Crippen LogP contribution in [-0.2, 0) is 9.59 Å². The highest BCUT2D eigenvalue weighted by Crippen LogP contribution is 2.30. The van der Waals surface area contributed by atoms with Crippen LogP contribution in [0.5, 0.6) is 0 Å². The van der Waals surface area contributed by atoms with E-state index < -0.39 is 11.9 Å². The van der Waals surface area contributed by atoms with Gasteiger partial charge in [-0.25, -0.2) is 0 Å². The zero-order valence-electron chi connectivity index (χ0n) is 10.4. The van der Waals surface area contributed by atoms with Crippen molar-refractivity contribution in [2.24, 2.45) is 5.92 Å². The van der Waals surface area contributed by atoms with Crippen LogP contribution in [0.4, 0.5) is 0 Å². The third-order valence-electron chi connectivity index (χ3n) is 3.52. The van der Waals surface area contributed by atoms with Gasteiger partial charge in [0, 0.05) is 25.9 Å². The molecule has 2 rings (SSSR count). The van der Waals surface area contributed by atoms with Crippen LogP contribution in [0.3, 0.4) is 0 Å². The number of amides is 1. The molecule has 1 saturated heterocycles. The van der Waals surface area contributed by atoms with Crippen LogP contribution in [0.15, 0.2) is 30.3 Å². The molecule has 1 fully saturated rings. The molecule has 1 aromatic rings. The van der Waals surface area contributed by atoms with Gasteiger partial charge in [0.15, 0.2) is 0 Å². The van der Waals surface area contributed by atoms with Gasteiger partial charge in [0.25, 0.3) is 0 Å². The molecule has 0 aromatic heterocycles. The molecule has 1 aromatic carbocycles. The van der Waals surface area contributed by atoms with Crippen molar-refractivity contribution in [1.29, 1.82) is 0 Å². The molecule has 96 valence electrons. The fraction of sp³-hybridized carbons (Fsp3) is 0.429. The highest BCUT2D eigenvalue weighted by molar-refractivity contribution is 5.76. The van der Waals surface area contributed by atoms with Crippen molar-refractivity contribution in [2.45, 2.75) is 19.3 Å². The minimum Gasteiger partial charge on any atom is -0.481 e. The summed E-state index contributed by atoms with van der Waals surface area (Å²) in [7, 11) is 0. The summed E-state index contributed by atoms with van der Waals surface area (Å²) in [4.78, 5) is 24.3. The summed E-state index contributed by atoms with van der Waals surface area (Å²) in [5.41, 5.74) is 1.11. The Bertz CT molecular complexity index is 422. The third kappa shape index (κ3) is 2.70. The van der Waals surface area contributed by atoms with Crippen LogP contribution in [0.25, 0.3) is 0 Å². The van der Waals surface area contributed by atoms with Gasteiger partial charge in [-0.2, -0.15) is 0 Å². The van der Waals surface area contributed by atoms with Crippen LogP contribution < -0.4 is 0 Å². The number of benzene rings is 1. The summed E-state index contributed by atoms with van der Waals surface area (Å²) in [5, 5.41) is 9.16. The first-order valence-corrected chi connectivity index (χ1v) is 6.11. The molecule has 0 spiro atoms. The maximum atomic E-state index is 11.5. The van der Waals surface area contributed by atoms with Crippen molar-refractivity contribution < 1.29 is 14.7 Å². The van der Waals surface area contributed by atoms with Gasteiger partial charge in [0.05, 0.1) is 5.92 Å². The Hall–Kier alpha value is -1.84. The average molecular weight is 247 g/mol. The second-order valence-electron chi connectivity index (χ2n) is 4.80. The summed E-state index contributed by atoms with van der Waals surface area (Å²) >= 11 is 0. The lowest BCUT2D eigenvalue weighted by atomic mass is 9.84. The number of aliphatic carboxylic acids is 1. The second kappa shape index (κ2) is 5.21. The summed E-state index contributed by atoms with van der Waals surface area (Å²) < 4.78 is 0. The topological polar surface area (TPSA) is 57.6 Å². The van der Waals surface area contributed by atoms with Crippen LogP contribution >= 0.6 is 0 Å². The number of rotatable bonds is 2. The largest absolute Gasteiger partial charge is 0.481 e. The molecule has 0 saturated carbocycles. The SMILES string of the molecule is CC(=O)N1C[C@@H](C(=O)O)C[C@@H](c2ccccc2)C1. The third-order valence-corrected chi connectivity index (χ3v) is 3.52. The van der Waals surface area contributed by atoms with E-state index in [1.807, 2.05) is 30.3 Å². The number of piperidine rings is 1. The Kier molecular flexibility index (Phi) is 3.65. The molecule has 1 aliphatic heterocycles. The molecule has 0 radical (unpaired) electrons. The van der Waals surface area contributed by atoms with Gasteiger partial charge in [-0.1, -0.05) is 30.3 Å². The van der Waals surface area contributed by atoms with Crippen LogP contribution in [0.2, 0.25) is 0 Å². The minimum absolute atomic E-state index is 0.0538. The van der Waals surface area contributed by atoms with E-state index in [2.05, 4.69) is 0 Å². The normalized spacial score (nSPS) is 23.7. The van der Waals surface area contributed by atoms with Crippen molar-refractivity contribution in [2.75, 3.05) is 13.1 Å². The quantitative estimate of drug-likeness (QED) is 0.865. The van der Waals surface area contributed by atoms with Crippen molar-refractivity contribution in [3.63, 3.8) is 0 Å². The van der Waals surface area contributed by atoms with Crippen molar-refractivity contribution in [1.82, 2.24) is 4.90 Å². The minimum atomic E-state index is -0.818. The Morgan fingerprint density at radius 2 is 1.89 bits per heavy atom. The van der Waals surface area contributed by atoms with E-state index in [0.29, 0.717) is 19.5 Å². The molecular weight excluding hydrogens is 230 g/mol. The van der Waals surface area contributed by atoms with E-state index in [1.165, 1.54) is 6.92 Å². The monoisotopic (exact) mass is 247 g/mol. The second-order valence-corrected chi connectivity index (χ2v) is 4.80. The van der Waals surface area contributed by atoms with E-state index in [1.54, 1.807) is 4.90 Å². The van der Waals surface area contributed by atoms with Crippen LogP contribution in [-0.4, -0.2) is 35.0 Å². The summed E-state index contributed by atoms with van der Waals surface area (Å²) in [5.74, 6) is -1.22. The van der Waals surface area contributed by atoms with Crippen LogP contribution in [0, 0.1) is 5.92 Å². The Morgan fingerprint density at radius 1 is 1.22 bits per heavy atom. The molecule has 0 bridgehead atoms. The molecule has 1 N–H and O–H groups in total. The molecule has 4 heteroatoms. The molecule has 1 aliphatic rings. The lowest BCUT2D eigenvalue weighted by Crippen LogP contribution is -2.44. The van der Waals surface area contributed by atoms with Crippen molar-refractivity contribution >= 4 is 11.9 Å². The molecule has 0 aliphatic carbocycles. The van der Waals surface area contributed by atoms with Crippen molar-refractivity contribution in [3.8, 4) is 0 Å². The van der Waals surface area contributed by atoms with Gasteiger partial charge in [0.1, 0.15) is 0 Å². The molecule has 2 atom stereocenters. The van der Waals surface area contributed by atoms with Gasteiger partial charge in [0.2, 0.25) is 5.91 Å². The smallest absolute Gasteiger partial charge is 0.308 e. The summed E-state index contributed by atoms with van der Waals surface area (Å²) in [6, 6.07) is 9.81. The molecule has 0 unspecified atom stereocenters. The van der Waals surface area contributed by atoms with Crippen LogP contribution in [0.1, 0.15) is 24.8 Å². The zero-order valence-corrected chi connectivity index (χ0v) is 10.4. The first-order valence-electron chi connectivity index (χ1n) is 6.11. The maximum absolute atomic E-state index is 11.5. The van der Waals surface area contributed by atoms with E-state index in [4.69, 9.17) is 5.11 Å². The molecular formula is C14H17NO3. The summed E-state index contributed by atoms with van der Waals surface area (Å²) in [6.07, 6.45) is 0.600. The van der Waals surface area contributed by atoms with E-state index in [0.717, 1.165) is 5.56 Å². The van der Waals surface area contributed by atoms with E-state index >= 15 is 0 Å². The maximum Gasteiger partial charge on any atom is 0.308 e. The number of likely N-dealkylation sites (tertiary alicyclic amines) is 1. The molecule has 4 nitrogen and oxygen atoms in total. The number of hydrogen-bond donors (Lipinski definition) is 1. The number of carbonyl (C=O) groups excluding carboxylic acids is 1. The van der Waals surface area contributed by atoms with Gasteiger partial charge in [-0.15, -0.1) is 0 Å². The fourth-order valence-corrected chi connectivity index (χ4v) is 2.50. The summed E-state index contributed by atoms with van der Waals surface area (Å²) in [6.45, 7) is 2.43. The fourth-order valence-electron chi connectivity index (χ4n) is 2.50. The Morgan fingerprint density at radius 3 is 2.44 bits per heavy atom. The van der Waals surface area contributed by atoms with Gasteiger partial charge in [-0.3, -0.25) is 9.59 Å². The zero-order chi connectivity index (χ0) is 13.1. The first-order chi connectivity index (χ1) is 8.58. The Labute approximate surface area is 106 Å². The van der Waals surface area contributed by atoms with Gasteiger partial charge < -0.3 is 10.0 Å².